The minimum absolute atomic E-state index is 0. The van der Waals surface area contributed by atoms with Gasteiger partial charge < -0.3 is 0 Å². The summed E-state index contributed by atoms with van der Waals surface area (Å²) in [5.41, 5.74) is 0. The molecule has 0 saturated heterocycles. The van der Waals surface area contributed by atoms with E-state index in [-0.39, 0.29) is 0 Å². The van der Waals surface area contributed by atoms with E-state index in [1.54, 1.807) is 0 Å². The van der Waals surface area contributed by atoms with E-state index in [1.807, 2.05) is 27.7 Å². The van der Waals surface area contributed by atoms with Crippen LogP contribution in [0.1, 0.15) is 48.0 Å². The van der Waals surface area contributed by atoms with Crippen molar-refractivity contribution >= 4 is 0 Å². The van der Waals surface area contributed by atoms with Gasteiger partial charge in [0.1, 0.15) is 0 Å². The average Bonchev–Trinajstić information content (AvgIpc) is 1.78. The quantitative estimate of drug-likeness (QED) is 0.401. The fourth-order valence-electron chi connectivity index (χ4n) is 0. The van der Waals surface area contributed by atoms with Gasteiger partial charge in [-0.15, -0.1) is 0 Å². The molecule has 0 saturated carbocycles. The zero-order valence-corrected chi connectivity index (χ0v) is 13.3. The summed E-state index contributed by atoms with van der Waals surface area (Å²) >= 11 is 0. The van der Waals surface area contributed by atoms with Crippen molar-refractivity contribution in [1.29, 1.82) is 0 Å². The molecule has 0 atom stereocenters. The summed E-state index contributed by atoms with van der Waals surface area (Å²) in [6.45, 7) is 12.2. The Morgan fingerprint density at radius 2 is 0.667 bits per heavy atom. The van der Waals surface area contributed by atoms with E-state index in [2.05, 4.69) is 13.8 Å². The molecule has 0 aliphatic carbocycles. The second-order valence-corrected chi connectivity index (χ2v) is 0.707. The van der Waals surface area contributed by atoms with Gasteiger partial charge in [-0.1, -0.05) is 48.0 Å². The van der Waals surface area contributed by atoms with Crippen molar-refractivity contribution in [3.63, 3.8) is 0 Å². The molecule has 0 rings (SSSR count). The Morgan fingerprint density at radius 1 is 0.667 bits per heavy atom. The van der Waals surface area contributed by atoms with Crippen LogP contribution in [0.3, 0.4) is 0 Å². The fourth-order valence-corrected chi connectivity index (χ4v) is 0. The third-order valence-electron chi connectivity index (χ3n) is 0. The summed E-state index contributed by atoms with van der Waals surface area (Å²) in [6, 6.07) is 0. The summed E-state index contributed by atoms with van der Waals surface area (Å²) in [5, 5.41) is 0. The van der Waals surface area contributed by atoms with E-state index in [0.29, 0.717) is 0 Å². The third kappa shape index (κ3) is 24.0. The van der Waals surface area contributed by atoms with Crippen LogP contribution in [-0.2, 0) is 0 Å². The molecule has 0 spiro atoms. The zero-order chi connectivity index (χ0) is 6.71. The van der Waals surface area contributed by atoms with Gasteiger partial charge in [0.25, 0.3) is 0 Å². The van der Waals surface area contributed by atoms with Gasteiger partial charge in [-0.3, -0.25) is 0 Å². The Balaban J connectivity index is -0.00000000825. The zero-order valence-electron chi connectivity index (χ0n) is 7.41. The maximum absolute atomic E-state index is 2.12. The van der Waals surface area contributed by atoms with Crippen LogP contribution >= 0.6 is 0 Å². The summed E-state index contributed by atoms with van der Waals surface area (Å²) in [5.74, 6) is 0. The predicted octanol–water partition coefficient (Wildman–Crippen LogP) is 3.47. The van der Waals surface area contributed by atoms with Crippen LogP contribution < -0.4 is 0 Å². The number of hydrogen-bond donors (Lipinski definition) is 0. The summed E-state index contributed by atoms with van der Waals surface area (Å²) in [4.78, 5) is 0. The summed E-state index contributed by atoms with van der Waals surface area (Å²) in [6.07, 6.45) is 1.25. The van der Waals surface area contributed by atoms with Crippen molar-refractivity contribution in [2.24, 2.45) is 0 Å². The molecule has 0 nitrogen and oxygen atoms in total. The average molecular weight is 598 g/mol. The molecule has 0 fully saturated rings. The Hall–Kier alpha value is -2.00. The molecule has 9 heavy (non-hydrogen) atoms. The molecule has 0 heterocycles. The Morgan fingerprint density at radius 3 is 0.667 bits per heavy atom. The molecule has 0 bridgehead atoms. The Kier molecular flexibility index (Phi) is 1050. The van der Waals surface area contributed by atoms with Gasteiger partial charge in [-0.25, -0.2) is 0 Å². The van der Waals surface area contributed by atoms with E-state index in [4.69, 9.17) is 0 Å². The smallest absolute Gasteiger partial charge is 0 e. The number of rotatable bonds is 0. The fraction of sp³-hybridized carbons (Fsp3) is 1.00. The van der Waals surface area contributed by atoms with Crippen molar-refractivity contribution in [1.82, 2.24) is 0 Å². The Labute approximate surface area is 48.9 Å². The molecule has 0 aliphatic rings. The normalized spacial score (nSPS) is 3.33. The van der Waals surface area contributed by atoms with Gasteiger partial charge in [0.15, 0.2) is 0 Å². The monoisotopic (exact) mass is 590 g/mol. The van der Waals surface area contributed by atoms with Crippen molar-refractivity contribution in [2.45, 2.75) is 48.0 Å². The van der Waals surface area contributed by atoms with Crippen LogP contribution in [0.25, 0.3) is 0 Å². The molecule has 0 N–H and O–H groups in total. The molecule has 0 aromatic heterocycles. The minimum Gasteiger partial charge on any atom is -0.0683 e. The van der Waals surface area contributed by atoms with Crippen LogP contribution in [0.2, 0.25) is 0 Å². The van der Waals surface area contributed by atoms with Crippen LogP contribution in [-0.4, -0.2) is 0 Å². The first-order chi connectivity index (χ1) is 3.41. The molecule has 0 aliphatic heterocycles. The third-order valence-corrected chi connectivity index (χ3v) is 0. The van der Waals surface area contributed by atoms with Crippen molar-refractivity contribution < 1.29 is 0 Å². The van der Waals surface area contributed by atoms with E-state index < -0.39 is 0 Å². The Bertz CT molecular complexity index is 6.88. The van der Waals surface area contributed by atoms with Crippen LogP contribution in [0.4, 0.5) is 0 Å². The van der Waals surface area contributed by atoms with Crippen molar-refractivity contribution in [3.05, 3.63) is 0 Å². The maximum Gasteiger partial charge on any atom is 0 e. The second-order valence-electron chi connectivity index (χ2n) is 0.707. The molecule has 0 aromatic rings. The molecular weight excluding hydrogens is 578 g/mol. The summed E-state index contributed by atoms with van der Waals surface area (Å²) < 4.78 is 0. The summed E-state index contributed by atoms with van der Waals surface area (Å²) in [7, 11) is 0. The second kappa shape index (κ2) is 150. The van der Waals surface area contributed by atoms with E-state index in [9.17, 15) is 0 Å². The first kappa shape index (κ1) is 63.0. The van der Waals surface area contributed by atoms with Crippen molar-refractivity contribution in [3.8, 4) is 0 Å². The van der Waals surface area contributed by atoms with Crippen LogP contribution in [0.15, 0.2) is 0 Å². The standard InChI is InChI=1S/C3H8.2C2H6.2Cm/c1-3-2;2*1-2;;/h3H2,1-2H3;2*1-2H3;;. The van der Waals surface area contributed by atoms with E-state index >= 15 is 0 Å². The largest absolute Gasteiger partial charge is 0.0683 e. The van der Waals surface area contributed by atoms with Crippen LogP contribution in [0, 0.1) is 0 Å². The van der Waals surface area contributed by atoms with E-state index in [1.165, 1.54) is 6.42 Å². The van der Waals surface area contributed by atoms with Gasteiger partial charge in [0, 0.05) is 0 Å². The van der Waals surface area contributed by atoms with E-state index in [0.717, 1.165) is 0 Å². The molecular formula is C7H20Cm2. The molecule has 0 unspecified atom stereocenters. The minimum atomic E-state index is 0. The first-order valence-corrected chi connectivity index (χ1v) is 3.41. The molecule has 64 valence electrons. The molecule has 0 aromatic carbocycles. The van der Waals surface area contributed by atoms with Gasteiger partial charge in [-0.2, -0.15) is 0 Å². The molecule has 0 amide bonds. The first-order valence-electron chi connectivity index (χ1n) is 3.41. The van der Waals surface area contributed by atoms with Crippen molar-refractivity contribution in [2.75, 3.05) is 0 Å². The van der Waals surface area contributed by atoms with Gasteiger partial charge in [-0.05, 0) is 0 Å². The predicted molar refractivity (Wildman–Crippen MR) is 38.7 cm³/mol. The SMILES string of the molecule is CC.CC.CCC.[Cm].[Cm]. The van der Waals surface area contributed by atoms with Crippen LogP contribution in [0.5, 0.6) is 0 Å². The maximum atomic E-state index is 2.12. The topological polar surface area (TPSA) is 0 Å². The van der Waals surface area contributed by atoms with Gasteiger partial charge in [0.05, 0.1) is 0 Å². The molecule has 2 heteroatoms. The van der Waals surface area contributed by atoms with Gasteiger partial charge in [0.2, 0.25) is 0 Å². The van der Waals surface area contributed by atoms with Gasteiger partial charge >= 0.3 is 0 Å². The number of hydrogen-bond acceptors (Lipinski definition) is 0. The molecule has 0 radical (unpaired) electrons.